The van der Waals surface area contributed by atoms with Crippen LogP contribution in [0.15, 0.2) is 29.5 Å². The van der Waals surface area contributed by atoms with Gasteiger partial charge >= 0.3 is 12.0 Å². The van der Waals surface area contributed by atoms with E-state index < -0.39 is 18.0 Å². The number of allylic oxidation sites excluding steroid dienone is 1. The largest absolute Gasteiger partial charge is 0.504 e. The second-order valence-corrected chi connectivity index (χ2v) is 5.72. The van der Waals surface area contributed by atoms with E-state index in [2.05, 4.69) is 10.6 Å². The minimum atomic E-state index is -0.678. The van der Waals surface area contributed by atoms with Gasteiger partial charge in [-0.25, -0.2) is 9.59 Å². The standard InChI is InChI=1S/C18H24N2O5/c1-4-6-9-25-17(22)15-11(3)19-18(23)20-16(15)12-7-8-13(21)14(10-12)24-5-2/h7-8,10,16,21H,4-6,9H2,1-3H3,(H2,19,20,23)/t16-/m0/s1. The first-order chi connectivity index (χ1) is 12.0. The third-order valence-corrected chi connectivity index (χ3v) is 3.84. The van der Waals surface area contributed by atoms with Crippen molar-refractivity contribution in [2.24, 2.45) is 0 Å². The summed E-state index contributed by atoms with van der Waals surface area (Å²) >= 11 is 0. The summed E-state index contributed by atoms with van der Waals surface area (Å²) in [6.07, 6.45) is 1.69. The molecule has 0 aromatic heterocycles. The van der Waals surface area contributed by atoms with Crippen molar-refractivity contribution in [1.29, 1.82) is 0 Å². The number of benzene rings is 1. The Bertz CT molecular complexity index is 684. The van der Waals surface area contributed by atoms with Gasteiger partial charge in [0.05, 0.1) is 24.8 Å². The van der Waals surface area contributed by atoms with Crippen LogP contribution in [0.2, 0.25) is 0 Å². The summed E-state index contributed by atoms with van der Waals surface area (Å²) in [6, 6.07) is 3.65. The third kappa shape index (κ3) is 4.43. The number of carbonyl (C=O) groups is 2. The summed E-state index contributed by atoms with van der Waals surface area (Å²) in [5, 5.41) is 15.2. The number of unbranched alkanes of at least 4 members (excludes halogenated alkanes) is 1. The molecule has 3 N–H and O–H groups in total. The molecule has 0 fully saturated rings. The van der Waals surface area contributed by atoms with Crippen molar-refractivity contribution in [3.63, 3.8) is 0 Å². The van der Waals surface area contributed by atoms with Crippen molar-refractivity contribution in [3.05, 3.63) is 35.0 Å². The van der Waals surface area contributed by atoms with E-state index in [9.17, 15) is 14.7 Å². The van der Waals surface area contributed by atoms with Crippen LogP contribution < -0.4 is 15.4 Å². The Morgan fingerprint density at radius 1 is 1.32 bits per heavy atom. The van der Waals surface area contributed by atoms with Gasteiger partial charge in [0.15, 0.2) is 11.5 Å². The van der Waals surface area contributed by atoms with Crippen LogP contribution in [0.3, 0.4) is 0 Å². The number of phenolic OH excluding ortho intramolecular Hbond substituents is 1. The Labute approximate surface area is 147 Å². The molecule has 0 saturated heterocycles. The maximum atomic E-state index is 12.5. The van der Waals surface area contributed by atoms with Gasteiger partial charge in [-0.15, -0.1) is 0 Å². The number of rotatable bonds is 7. The highest BCUT2D eigenvalue weighted by Gasteiger charge is 2.32. The lowest BCUT2D eigenvalue weighted by Gasteiger charge is -2.28. The molecule has 2 amide bonds. The summed E-state index contributed by atoms with van der Waals surface area (Å²) in [5.74, 6) is -0.183. The lowest BCUT2D eigenvalue weighted by molar-refractivity contribution is -0.139. The molecule has 0 bridgehead atoms. The quantitative estimate of drug-likeness (QED) is 0.520. The van der Waals surface area contributed by atoms with Gasteiger partial charge in [0, 0.05) is 5.70 Å². The molecule has 2 rings (SSSR count). The van der Waals surface area contributed by atoms with Crippen molar-refractivity contribution in [3.8, 4) is 11.5 Å². The van der Waals surface area contributed by atoms with E-state index in [1.807, 2.05) is 6.92 Å². The third-order valence-electron chi connectivity index (χ3n) is 3.84. The number of esters is 1. The van der Waals surface area contributed by atoms with E-state index in [4.69, 9.17) is 9.47 Å². The van der Waals surface area contributed by atoms with E-state index in [0.717, 1.165) is 12.8 Å². The van der Waals surface area contributed by atoms with Gasteiger partial charge in [-0.1, -0.05) is 19.4 Å². The zero-order valence-corrected chi connectivity index (χ0v) is 14.7. The molecule has 0 spiro atoms. The van der Waals surface area contributed by atoms with Gasteiger partial charge < -0.3 is 25.2 Å². The molecule has 0 saturated carbocycles. The number of aromatic hydroxyl groups is 1. The number of ether oxygens (including phenoxy) is 2. The first-order valence-electron chi connectivity index (χ1n) is 8.39. The van der Waals surface area contributed by atoms with Crippen LogP contribution in [-0.2, 0) is 9.53 Å². The Hall–Kier alpha value is -2.70. The van der Waals surface area contributed by atoms with Crippen LogP contribution in [-0.4, -0.2) is 30.3 Å². The number of urea groups is 1. The highest BCUT2D eigenvalue weighted by Crippen LogP contribution is 2.34. The van der Waals surface area contributed by atoms with E-state index in [1.54, 1.807) is 26.0 Å². The molecule has 1 aliphatic heterocycles. The number of amides is 2. The highest BCUT2D eigenvalue weighted by atomic mass is 16.5. The molecule has 0 unspecified atom stereocenters. The molecule has 7 heteroatoms. The van der Waals surface area contributed by atoms with Gasteiger partial charge in [-0.05, 0) is 38.0 Å². The molecule has 1 aromatic rings. The maximum absolute atomic E-state index is 12.5. The molecule has 1 heterocycles. The topological polar surface area (TPSA) is 96.9 Å². The molecule has 1 atom stereocenters. The molecule has 7 nitrogen and oxygen atoms in total. The smallest absolute Gasteiger partial charge is 0.338 e. The lowest BCUT2D eigenvalue weighted by atomic mass is 9.95. The molecular formula is C18H24N2O5. The fraction of sp³-hybridized carbons (Fsp3) is 0.444. The number of nitrogens with one attached hydrogen (secondary N) is 2. The van der Waals surface area contributed by atoms with Crippen LogP contribution >= 0.6 is 0 Å². The van der Waals surface area contributed by atoms with Gasteiger partial charge in [-0.3, -0.25) is 0 Å². The minimum Gasteiger partial charge on any atom is -0.504 e. The van der Waals surface area contributed by atoms with Crippen molar-refractivity contribution >= 4 is 12.0 Å². The zero-order chi connectivity index (χ0) is 18.4. The normalized spacial score (nSPS) is 16.9. The SMILES string of the molecule is CCCCOC(=O)C1=C(C)NC(=O)N[C@H]1c1ccc(O)c(OCC)c1. The predicted molar refractivity (Wildman–Crippen MR) is 92.3 cm³/mol. The Kier molecular flexibility index (Phi) is 6.27. The monoisotopic (exact) mass is 348 g/mol. The summed E-state index contributed by atoms with van der Waals surface area (Å²) in [7, 11) is 0. The fourth-order valence-electron chi connectivity index (χ4n) is 2.58. The van der Waals surface area contributed by atoms with E-state index >= 15 is 0 Å². The van der Waals surface area contributed by atoms with Gasteiger partial charge in [0.25, 0.3) is 0 Å². The van der Waals surface area contributed by atoms with Crippen LogP contribution in [0, 0.1) is 0 Å². The fourth-order valence-corrected chi connectivity index (χ4v) is 2.58. The average molecular weight is 348 g/mol. The Morgan fingerprint density at radius 3 is 2.76 bits per heavy atom. The molecular weight excluding hydrogens is 324 g/mol. The molecule has 136 valence electrons. The maximum Gasteiger partial charge on any atom is 0.338 e. The van der Waals surface area contributed by atoms with Crippen molar-refractivity contribution in [1.82, 2.24) is 10.6 Å². The average Bonchev–Trinajstić information content (AvgIpc) is 2.56. The van der Waals surface area contributed by atoms with E-state index in [-0.39, 0.29) is 5.75 Å². The predicted octanol–water partition coefficient (Wildman–Crippen LogP) is 2.76. The van der Waals surface area contributed by atoms with Gasteiger partial charge in [-0.2, -0.15) is 0 Å². The molecule has 25 heavy (non-hydrogen) atoms. The zero-order valence-electron chi connectivity index (χ0n) is 14.7. The number of hydrogen-bond acceptors (Lipinski definition) is 5. The van der Waals surface area contributed by atoms with Crippen molar-refractivity contribution in [2.45, 2.75) is 39.7 Å². The highest BCUT2D eigenvalue weighted by molar-refractivity contribution is 5.95. The number of hydrogen-bond donors (Lipinski definition) is 3. The van der Waals surface area contributed by atoms with Crippen LogP contribution in [0.1, 0.15) is 45.2 Å². The number of phenols is 1. The van der Waals surface area contributed by atoms with Crippen molar-refractivity contribution < 1.29 is 24.2 Å². The molecule has 1 aromatic carbocycles. The summed E-state index contributed by atoms with van der Waals surface area (Å²) < 4.78 is 10.7. The second kappa shape index (κ2) is 8.41. The Balaban J connectivity index is 2.35. The summed E-state index contributed by atoms with van der Waals surface area (Å²) in [6.45, 7) is 6.18. The van der Waals surface area contributed by atoms with E-state index in [0.29, 0.717) is 35.8 Å². The molecule has 1 aliphatic rings. The summed E-state index contributed by atoms with van der Waals surface area (Å²) in [4.78, 5) is 24.4. The van der Waals surface area contributed by atoms with Crippen LogP contribution in [0.4, 0.5) is 4.79 Å². The first kappa shape index (κ1) is 18.6. The number of carbonyl (C=O) groups excluding carboxylic acids is 2. The lowest BCUT2D eigenvalue weighted by Crippen LogP contribution is -2.45. The minimum absolute atomic E-state index is 0.00126. The molecule has 0 aliphatic carbocycles. The van der Waals surface area contributed by atoms with Gasteiger partial charge in [0.1, 0.15) is 0 Å². The van der Waals surface area contributed by atoms with Crippen LogP contribution in [0.5, 0.6) is 11.5 Å². The van der Waals surface area contributed by atoms with Crippen molar-refractivity contribution in [2.75, 3.05) is 13.2 Å². The Morgan fingerprint density at radius 2 is 2.08 bits per heavy atom. The second-order valence-electron chi connectivity index (χ2n) is 5.72. The first-order valence-corrected chi connectivity index (χ1v) is 8.39. The summed E-state index contributed by atoms with van der Waals surface area (Å²) in [5.41, 5.74) is 1.41. The molecule has 0 radical (unpaired) electrons. The van der Waals surface area contributed by atoms with Gasteiger partial charge in [0.2, 0.25) is 0 Å². The van der Waals surface area contributed by atoms with Crippen LogP contribution in [0.25, 0.3) is 0 Å². The van der Waals surface area contributed by atoms with E-state index in [1.165, 1.54) is 6.07 Å².